The minimum absolute atomic E-state index is 0.358. The molecular weight excluding hydrogens is 48.0 g/mol. The zero-order valence-electron chi connectivity index (χ0n) is 3.49. The molecule has 0 bridgehead atoms. The molecule has 0 spiro atoms. The van der Waals surface area contributed by atoms with E-state index in [9.17, 15) is 0 Å². The average molecular weight is 55.1 g/mol. The summed E-state index contributed by atoms with van der Waals surface area (Å²) in [5.74, 6) is 2.33. The standard InChI is InChI=1S/C4H6/c1-3-4-2/h1H,4H2,2H3/i2D. The lowest BCUT2D eigenvalue weighted by Gasteiger charge is -1.52. The second-order valence-corrected chi connectivity index (χ2v) is 0.454. The molecule has 0 unspecified atom stereocenters. The van der Waals surface area contributed by atoms with Crippen LogP contribution in [0.25, 0.3) is 0 Å². The van der Waals surface area contributed by atoms with Crippen LogP contribution in [0.5, 0.6) is 0 Å². The van der Waals surface area contributed by atoms with Crippen molar-refractivity contribution in [3.63, 3.8) is 0 Å². The Bertz CT molecular complexity index is 42.1. The Morgan fingerprint density at radius 3 is 3.25 bits per heavy atom. The molecule has 0 rings (SSSR count). The third-order valence-corrected chi connectivity index (χ3v) is 0.144. The maximum absolute atomic E-state index is 6.46. The van der Waals surface area contributed by atoms with Crippen molar-refractivity contribution in [3.8, 4) is 12.3 Å². The molecule has 0 nitrogen and oxygen atoms in total. The topological polar surface area (TPSA) is 0 Å². The van der Waals surface area contributed by atoms with Gasteiger partial charge in [-0.3, -0.25) is 0 Å². The van der Waals surface area contributed by atoms with E-state index in [2.05, 4.69) is 5.92 Å². The number of hydrogen-bond acceptors (Lipinski definition) is 0. The van der Waals surface area contributed by atoms with Gasteiger partial charge in [-0.1, -0.05) is 6.90 Å². The Morgan fingerprint density at radius 1 is 2.50 bits per heavy atom. The average Bonchev–Trinajstić information content (AvgIpc) is 1.41. The van der Waals surface area contributed by atoms with Gasteiger partial charge >= 0.3 is 0 Å². The SMILES string of the molecule is [2H]CCC#C. The first kappa shape index (κ1) is 1.84. The summed E-state index contributed by atoms with van der Waals surface area (Å²) in [7, 11) is 0. The van der Waals surface area contributed by atoms with Gasteiger partial charge in [-0.15, -0.1) is 12.3 Å². The summed E-state index contributed by atoms with van der Waals surface area (Å²) in [6, 6.07) is 0. The molecule has 0 aliphatic carbocycles. The molecule has 0 saturated heterocycles. The van der Waals surface area contributed by atoms with Gasteiger partial charge in [-0.25, -0.2) is 0 Å². The van der Waals surface area contributed by atoms with E-state index in [1.807, 2.05) is 0 Å². The van der Waals surface area contributed by atoms with Crippen LogP contribution < -0.4 is 0 Å². The van der Waals surface area contributed by atoms with Crippen molar-refractivity contribution in [1.29, 1.82) is 0 Å². The second kappa shape index (κ2) is 2.56. The highest BCUT2D eigenvalue weighted by atomic mass is 13.5. The molecule has 0 atom stereocenters. The molecule has 0 N–H and O–H groups in total. The zero-order valence-corrected chi connectivity index (χ0v) is 2.49. The lowest BCUT2D eigenvalue weighted by atomic mass is 10.5. The monoisotopic (exact) mass is 55.1 g/mol. The third kappa shape index (κ3) is 1.56. The molecular formula is C4H6. The fourth-order valence-electron chi connectivity index (χ4n) is 0. The second-order valence-electron chi connectivity index (χ2n) is 0.454. The predicted octanol–water partition coefficient (Wildman–Crippen LogP) is 1.03. The first-order valence-electron chi connectivity index (χ1n) is 1.85. The molecule has 0 fully saturated rings. The van der Waals surface area contributed by atoms with Gasteiger partial charge in [0.05, 0.1) is 0 Å². The highest BCUT2D eigenvalue weighted by Gasteiger charge is 1.43. The molecule has 0 amide bonds. The van der Waals surface area contributed by atoms with Crippen LogP contribution >= 0.6 is 0 Å². The largest absolute Gasteiger partial charge is 0.120 e. The highest BCUT2D eigenvalue weighted by Crippen LogP contribution is 1.58. The summed E-state index contributed by atoms with van der Waals surface area (Å²) in [5.41, 5.74) is 0. The van der Waals surface area contributed by atoms with Crippen molar-refractivity contribution in [2.24, 2.45) is 0 Å². The van der Waals surface area contributed by atoms with Crippen LogP contribution in [0, 0.1) is 12.3 Å². The lowest BCUT2D eigenvalue weighted by Crippen LogP contribution is -1.38. The van der Waals surface area contributed by atoms with Gasteiger partial charge in [0.1, 0.15) is 0 Å². The Labute approximate surface area is 28.2 Å². The minimum Gasteiger partial charge on any atom is -0.120 e. The van der Waals surface area contributed by atoms with Crippen LogP contribution in [0.2, 0.25) is 0 Å². The van der Waals surface area contributed by atoms with Gasteiger partial charge in [-0.05, 0) is 0 Å². The summed E-state index contributed by atoms with van der Waals surface area (Å²) < 4.78 is 6.46. The Hall–Kier alpha value is -0.440. The summed E-state index contributed by atoms with van der Waals surface area (Å²) in [5, 5.41) is 0. The fraction of sp³-hybridized carbons (Fsp3) is 0.500. The first-order chi connectivity index (χ1) is 2.41. The number of rotatable bonds is 0. The van der Waals surface area contributed by atoms with Crippen LogP contribution in [-0.2, 0) is 0 Å². The third-order valence-electron chi connectivity index (χ3n) is 0.144. The zero-order chi connectivity index (χ0) is 4.12. The molecule has 0 aromatic carbocycles. The van der Waals surface area contributed by atoms with E-state index in [0.29, 0.717) is 13.3 Å². The van der Waals surface area contributed by atoms with E-state index >= 15 is 0 Å². The molecule has 0 aromatic heterocycles. The number of hydrogen-bond donors (Lipinski definition) is 0. The molecule has 0 saturated carbocycles. The molecule has 4 heavy (non-hydrogen) atoms. The summed E-state index contributed by atoms with van der Waals surface area (Å²) in [6.07, 6.45) is 5.35. The Kier molecular flexibility index (Phi) is 1.18. The van der Waals surface area contributed by atoms with Gasteiger partial charge in [-0.2, -0.15) is 0 Å². The molecule has 0 aliphatic rings. The van der Waals surface area contributed by atoms with E-state index in [1.54, 1.807) is 0 Å². The van der Waals surface area contributed by atoms with E-state index in [-0.39, 0.29) is 0 Å². The van der Waals surface area contributed by atoms with Crippen LogP contribution in [0.4, 0.5) is 0 Å². The molecule has 0 aliphatic heterocycles. The highest BCUT2D eigenvalue weighted by molar-refractivity contribution is 4.80. The molecule has 0 aromatic rings. The van der Waals surface area contributed by atoms with Gasteiger partial charge < -0.3 is 0 Å². The summed E-state index contributed by atoms with van der Waals surface area (Å²) >= 11 is 0. The van der Waals surface area contributed by atoms with Crippen LogP contribution in [0.1, 0.15) is 14.7 Å². The lowest BCUT2D eigenvalue weighted by molar-refractivity contribution is 1.28. The first-order valence-corrected chi connectivity index (χ1v) is 1.14. The van der Waals surface area contributed by atoms with E-state index in [0.717, 1.165) is 0 Å². The minimum atomic E-state index is 0.358. The maximum atomic E-state index is 6.46. The maximum Gasteiger partial charge on any atom is 0.0240 e. The van der Waals surface area contributed by atoms with Crippen molar-refractivity contribution >= 4 is 0 Å². The van der Waals surface area contributed by atoms with Crippen LogP contribution in [0.3, 0.4) is 0 Å². The van der Waals surface area contributed by atoms with Crippen molar-refractivity contribution < 1.29 is 1.37 Å². The van der Waals surface area contributed by atoms with Gasteiger partial charge in [0.2, 0.25) is 0 Å². The van der Waals surface area contributed by atoms with E-state index in [1.165, 1.54) is 0 Å². The smallest absolute Gasteiger partial charge is 0.0240 e. The van der Waals surface area contributed by atoms with Gasteiger partial charge in [0.25, 0.3) is 0 Å². The summed E-state index contributed by atoms with van der Waals surface area (Å²) in [6.45, 7) is 0.358. The van der Waals surface area contributed by atoms with Crippen LogP contribution in [-0.4, -0.2) is 0 Å². The Balaban J connectivity index is 2.48. The molecule has 0 heteroatoms. The van der Waals surface area contributed by atoms with Crippen molar-refractivity contribution in [2.75, 3.05) is 0 Å². The van der Waals surface area contributed by atoms with Crippen LogP contribution in [0.15, 0.2) is 0 Å². The van der Waals surface area contributed by atoms with Crippen molar-refractivity contribution in [3.05, 3.63) is 0 Å². The molecule has 0 heterocycles. The van der Waals surface area contributed by atoms with E-state index < -0.39 is 0 Å². The molecule has 22 valence electrons. The summed E-state index contributed by atoms with van der Waals surface area (Å²) in [4.78, 5) is 0. The fourth-order valence-corrected chi connectivity index (χ4v) is 0. The quantitative estimate of drug-likeness (QED) is 0.363. The van der Waals surface area contributed by atoms with Gasteiger partial charge in [0.15, 0.2) is 0 Å². The molecule has 0 radical (unpaired) electrons. The van der Waals surface area contributed by atoms with E-state index in [4.69, 9.17) is 7.79 Å². The van der Waals surface area contributed by atoms with Crippen molar-refractivity contribution in [2.45, 2.75) is 13.3 Å². The number of terminal acetylenes is 1. The Morgan fingerprint density at radius 2 is 3.25 bits per heavy atom. The van der Waals surface area contributed by atoms with Crippen molar-refractivity contribution in [1.82, 2.24) is 0 Å². The van der Waals surface area contributed by atoms with Gasteiger partial charge in [0, 0.05) is 7.79 Å². The normalized spacial score (nSPS) is 8.25. The predicted molar refractivity (Wildman–Crippen MR) is 19.1 cm³/mol.